The molecule has 0 fully saturated rings. The third-order valence-electron chi connectivity index (χ3n) is 2.96. The lowest BCUT2D eigenvalue weighted by Gasteiger charge is -2.18. The normalized spacial score (nSPS) is 14.4. The monoisotopic (exact) mass is 266 g/mol. The van der Waals surface area contributed by atoms with Gasteiger partial charge in [-0.3, -0.25) is 5.32 Å². The van der Waals surface area contributed by atoms with Crippen molar-refractivity contribution in [2.24, 2.45) is 0 Å². The zero-order chi connectivity index (χ0) is 14.0. The Labute approximate surface area is 110 Å². The molecule has 0 aliphatic heterocycles. The maximum atomic E-state index is 13.7. The minimum Gasteiger partial charge on any atom is -0.444 e. The lowest BCUT2D eigenvalue weighted by molar-refractivity contribution is 0.373. The van der Waals surface area contributed by atoms with Crippen LogP contribution in [0.15, 0.2) is 28.8 Å². The lowest BCUT2D eigenvalue weighted by atomic mass is 10.1. The first-order valence-electron chi connectivity index (χ1n) is 6.11. The molecule has 0 saturated heterocycles. The molecule has 102 valence electrons. The summed E-state index contributed by atoms with van der Waals surface area (Å²) in [4.78, 5) is 4.11. The van der Waals surface area contributed by atoms with Crippen molar-refractivity contribution in [3.05, 3.63) is 53.2 Å². The van der Waals surface area contributed by atoms with Crippen LogP contribution >= 0.6 is 0 Å². The van der Waals surface area contributed by atoms with Gasteiger partial charge in [0.2, 0.25) is 5.89 Å². The van der Waals surface area contributed by atoms with E-state index in [0.717, 1.165) is 6.07 Å². The van der Waals surface area contributed by atoms with Crippen LogP contribution in [-0.2, 0) is 0 Å². The SMILES string of the molecule is Cc1cnc(C(C)NC(C)c2cccc(F)c2F)o1. The van der Waals surface area contributed by atoms with E-state index in [1.54, 1.807) is 26.1 Å². The first-order valence-corrected chi connectivity index (χ1v) is 6.11. The summed E-state index contributed by atoms with van der Waals surface area (Å²) in [7, 11) is 0. The molecular weight excluding hydrogens is 250 g/mol. The van der Waals surface area contributed by atoms with Gasteiger partial charge in [0.25, 0.3) is 0 Å². The van der Waals surface area contributed by atoms with E-state index in [-0.39, 0.29) is 17.6 Å². The first-order chi connectivity index (χ1) is 8.99. The summed E-state index contributed by atoms with van der Waals surface area (Å²) in [6, 6.07) is 3.62. The quantitative estimate of drug-likeness (QED) is 0.917. The molecule has 0 aliphatic carbocycles. The van der Waals surface area contributed by atoms with Crippen LogP contribution < -0.4 is 5.32 Å². The third kappa shape index (κ3) is 2.98. The average molecular weight is 266 g/mol. The zero-order valence-electron chi connectivity index (χ0n) is 11.1. The molecule has 19 heavy (non-hydrogen) atoms. The van der Waals surface area contributed by atoms with Crippen molar-refractivity contribution in [3.63, 3.8) is 0 Å². The Morgan fingerprint density at radius 2 is 1.95 bits per heavy atom. The van der Waals surface area contributed by atoms with Gasteiger partial charge in [0.1, 0.15) is 5.76 Å². The topological polar surface area (TPSA) is 38.1 Å². The number of hydrogen-bond acceptors (Lipinski definition) is 3. The van der Waals surface area contributed by atoms with Gasteiger partial charge in [-0.25, -0.2) is 13.8 Å². The van der Waals surface area contributed by atoms with Crippen LogP contribution in [-0.4, -0.2) is 4.98 Å². The second-order valence-corrected chi connectivity index (χ2v) is 4.56. The van der Waals surface area contributed by atoms with Crippen LogP contribution in [0.5, 0.6) is 0 Å². The summed E-state index contributed by atoms with van der Waals surface area (Å²) in [5, 5.41) is 3.13. The number of nitrogens with one attached hydrogen (secondary N) is 1. The van der Waals surface area contributed by atoms with Gasteiger partial charge < -0.3 is 4.42 Å². The Hall–Kier alpha value is -1.75. The predicted octanol–water partition coefficient (Wildman–Crippen LogP) is 3.67. The van der Waals surface area contributed by atoms with Crippen molar-refractivity contribution in [1.82, 2.24) is 10.3 Å². The summed E-state index contributed by atoms with van der Waals surface area (Å²) in [5.41, 5.74) is 0.287. The van der Waals surface area contributed by atoms with Crippen molar-refractivity contribution >= 4 is 0 Å². The highest BCUT2D eigenvalue weighted by molar-refractivity contribution is 5.22. The van der Waals surface area contributed by atoms with Crippen LogP contribution in [0, 0.1) is 18.6 Å². The Morgan fingerprint density at radius 1 is 1.21 bits per heavy atom. The van der Waals surface area contributed by atoms with E-state index in [9.17, 15) is 8.78 Å². The minimum atomic E-state index is -0.842. The average Bonchev–Trinajstić information content (AvgIpc) is 2.79. The lowest BCUT2D eigenvalue weighted by Crippen LogP contribution is -2.23. The fourth-order valence-electron chi connectivity index (χ4n) is 1.96. The van der Waals surface area contributed by atoms with Crippen molar-refractivity contribution < 1.29 is 13.2 Å². The zero-order valence-corrected chi connectivity index (χ0v) is 11.1. The molecule has 0 spiro atoms. The number of aryl methyl sites for hydroxylation is 1. The van der Waals surface area contributed by atoms with E-state index in [1.165, 1.54) is 6.07 Å². The molecule has 0 bridgehead atoms. The minimum absolute atomic E-state index is 0.189. The van der Waals surface area contributed by atoms with Crippen molar-refractivity contribution in [2.45, 2.75) is 32.9 Å². The number of oxazole rings is 1. The van der Waals surface area contributed by atoms with Gasteiger partial charge in [0.15, 0.2) is 11.6 Å². The Balaban J connectivity index is 2.12. The highest BCUT2D eigenvalue weighted by Crippen LogP contribution is 2.22. The highest BCUT2D eigenvalue weighted by atomic mass is 19.2. The Morgan fingerprint density at radius 3 is 2.58 bits per heavy atom. The smallest absolute Gasteiger partial charge is 0.211 e. The number of benzene rings is 1. The molecule has 5 heteroatoms. The third-order valence-corrected chi connectivity index (χ3v) is 2.96. The molecule has 0 radical (unpaired) electrons. The predicted molar refractivity (Wildman–Crippen MR) is 67.6 cm³/mol. The molecule has 1 N–H and O–H groups in total. The highest BCUT2D eigenvalue weighted by Gasteiger charge is 2.18. The summed E-state index contributed by atoms with van der Waals surface area (Å²) < 4.78 is 32.2. The van der Waals surface area contributed by atoms with Gasteiger partial charge >= 0.3 is 0 Å². The molecule has 0 aliphatic rings. The van der Waals surface area contributed by atoms with Crippen LogP contribution in [0.3, 0.4) is 0 Å². The number of halogens is 2. The van der Waals surface area contributed by atoms with Crippen LogP contribution in [0.2, 0.25) is 0 Å². The van der Waals surface area contributed by atoms with Crippen molar-refractivity contribution in [2.75, 3.05) is 0 Å². The number of nitrogens with zero attached hydrogens (tertiary/aromatic N) is 1. The maximum Gasteiger partial charge on any atom is 0.211 e. The molecule has 1 aromatic carbocycles. The molecule has 2 atom stereocenters. The van der Waals surface area contributed by atoms with E-state index in [2.05, 4.69) is 10.3 Å². The largest absolute Gasteiger partial charge is 0.444 e. The Kier molecular flexibility index (Phi) is 3.95. The summed E-state index contributed by atoms with van der Waals surface area (Å²) >= 11 is 0. The van der Waals surface area contributed by atoms with Gasteiger partial charge in [0.05, 0.1) is 12.2 Å². The maximum absolute atomic E-state index is 13.7. The molecule has 0 saturated carbocycles. The molecule has 3 nitrogen and oxygen atoms in total. The molecule has 1 heterocycles. The molecule has 2 rings (SSSR count). The summed E-state index contributed by atoms with van der Waals surface area (Å²) in [6.07, 6.45) is 1.63. The van der Waals surface area contributed by atoms with Crippen LogP contribution in [0.25, 0.3) is 0 Å². The number of hydrogen-bond donors (Lipinski definition) is 1. The fraction of sp³-hybridized carbons (Fsp3) is 0.357. The van der Waals surface area contributed by atoms with Crippen LogP contribution in [0.4, 0.5) is 8.78 Å². The molecular formula is C14H16F2N2O. The standard InChI is InChI=1S/C14H16F2N2O/c1-8-7-17-14(19-8)10(3)18-9(2)11-5-4-6-12(15)13(11)16/h4-7,9-10,18H,1-3H3. The molecule has 2 aromatic rings. The van der Waals surface area contributed by atoms with Gasteiger partial charge in [0, 0.05) is 11.6 Å². The number of aromatic nitrogens is 1. The number of rotatable bonds is 4. The summed E-state index contributed by atoms with van der Waals surface area (Å²) in [5.74, 6) is -0.418. The van der Waals surface area contributed by atoms with Gasteiger partial charge in [-0.15, -0.1) is 0 Å². The van der Waals surface area contributed by atoms with Crippen molar-refractivity contribution in [3.8, 4) is 0 Å². The molecule has 2 unspecified atom stereocenters. The van der Waals surface area contributed by atoms with E-state index in [0.29, 0.717) is 11.7 Å². The van der Waals surface area contributed by atoms with Crippen molar-refractivity contribution in [1.29, 1.82) is 0 Å². The van der Waals surface area contributed by atoms with E-state index in [4.69, 9.17) is 4.42 Å². The Bertz CT molecular complexity index is 568. The second kappa shape index (κ2) is 5.48. The van der Waals surface area contributed by atoms with E-state index in [1.807, 2.05) is 6.92 Å². The van der Waals surface area contributed by atoms with Crippen LogP contribution in [0.1, 0.15) is 43.1 Å². The fourth-order valence-corrected chi connectivity index (χ4v) is 1.96. The molecule has 0 amide bonds. The van der Waals surface area contributed by atoms with Gasteiger partial charge in [-0.1, -0.05) is 12.1 Å². The molecule has 1 aromatic heterocycles. The van der Waals surface area contributed by atoms with Gasteiger partial charge in [-0.05, 0) is 26.8 Å². The van der Waals surface area contributed by atoms with E-state index < -0.39 is 11.6 Å². The second-order valence-electron chi connectivity index (χ2n) is 4.56. The van der Waals surface area contributed by atoms with E-state index >= 15 is 0 Å². The van der Waals surface area contributed by atoms with Gasteiger partial charge in [-0.2, -0.15) is 0 Å². The summed E-state index contributed by atoms with van der Waals surface area (Å²) in [6.45, 7) is 5.43. The first kappa shape index (κ1) is 13.7.